The average Bonchev–Trinajstić information content (AvgIpc) is 2.46. The second-order valence-electron chi connectivity index (χ2n) is 4.89. The van der Waals surface area contributed by atoms with Crippen molar-refractivity contribution in [2.45, 2.75) is 13.0 Å². The van der Waals surface area contributed by atoms with Crippen molar-refractivity contribution in [1.29, 1.82) is 0 Å². The van der Waals surface area contributed by atoms with Gasteiger partial charge in [-0.25, -0.2) is 9.18 Å². The predicted octanol–water partition coefficient (Wildman–Crippen LogP) is 3.30. The van der Waals surface area contributed by atoms with Gasteiger partial charge < -0.3 is 15.7 Å². The van der Waals surface area contributed by atoms with Gasteiger partial charge in [-0.1, -0.05) is 18.2 Å². The third-order valence-electron chi connectivity index (χ3n) is 3.59. The summed E-state index contributed by atoms with van der Waals surface area (Å²) < 4.78 is 13.9. The highest BCUT2D eigenvalue weighted by Gasteiger charge is 2.18. The number of benzene rings is 2. The minimum Gasteiger partial charge on any atom is -0.478 e. The number of aromatic carboxylic acids is 1. The monoisotopic (exact) mass is 288 g/mol. The molecular formula is C16H17FN2O2. The number of rotatable bonds is 4. The third-order valence-corrected chi connectivity index (χ3v) is 3.59. The molecule has 0 saturated heterocycles. The molecule has 2 aromatic rings. The molecule has 0 amide bonds. The van der Waals surface area contributed by atoms with Gasteiger partial charge in [-0.3, -0.25) is 0 Å². The van der Waals surface area contributed by atoms with Crippen LogP contribution in [0, 0.1) is 5.82 Å². The van der Waals surface area contributed by atoms with Gasteiger partial charge in [-0.15, -0.1) is 0 Å². The molecule has 2 rings (SSSR count). The molecule has 0 radical (unpaired) electrons. The third kappa shape index (κ3) is 2.97. The van der Waals surface area contributed by atoms with Crippen LogP contribution in [-0.4, -0.2) is 18.1 Å². The fourth-order valence-electron chi connectivity index (χ4n) is 2.21. The van der Waals surface area contributed by atoms with Crippen LogP contribution >= 0.6 is 0 Å². The molecule has 0 aromatic heterocycles. The number of nitrogens with zero attached hydrogens (tertiary/aromatic N) is 1. The van der Waals surface area contributed by atoms with Crippen LogP contribution in [-0.2, 0) is 0 Å². The smallest absolute Gasteiger partial charge is 0.335 e. The highest BCUT2D eigenvalue weighted by molar-refractivity contribution is 5.90. The van der Waals surface area contributed by atoms with Crippen LogP contribution in [0.3, 0.4) is 0 Å². The van der Waals surface area contributed by atoms with Gasteiger partial charge in [0.15, 0.2) is 0 Å². The Morgan fingerprint density at radius 3 is 2.57 bits per heavy atom. The van der Waals surface area contributed by atoms with Gasteiger partial charge in [0, 0.05) is 12.6 Å². The van der Waals surface area contributed by atoms with Crippen molar-refractivity contribution < 1.29 is 14.3 Å². The van der Waals surface area contributed by atoms with E-state index in [2.05, 4.69) is 0 Å². The molecule has 0 spiro atoms. The lowest BCUT2D eigenvalue weighted by atomic mass is 10.0. The first-order valence-corrected chi connectivity index (χ1v) is 6.52. The Kier molecular flexibility index (Phi) is 4.12. The van der Waals surface area contributed by atoms with Crippen molar-refractivity contribution in [3.05, 3.63) is 59.4 Å². The summed E-state index contributed by atoms with van der Waals surface area (Å²) in [6.07, 6.45) is 0. The molecule has 0 bridgehead atoms. The van der Waals surface area contributed by atoms with E-state index in [4.69, 9.17) is 10.8 Å². The normalized spacial score (nSPS) is 12.0. The molecule has 1 atom stereocenters. The van der Waals surface area contributed by atoms with Gasteiger partial charge in [0.25, 0.3) is 0 Å². The summed E-state index contributed by atoms with van der Waals surface area (Å²) in [5.41, 5.74) is 7.60. The van der Waals surface area contributed by atoms with E-state index in [0.717, 1.165) is 0 Å². The van der Waals surface area contributed by atoms with Gasteiger partial charge in [0.1, 0.15) is 5.82 Å². The van der Waals surface area contributed by atoms with E-state index in [1.165, 1.54) is 18.2 Å². The molecule has 2 aromatic carbocycles. The van der Waals surface area contributed by atoms with Gasteiger partial charge in [-0.05, 0) is 31.2 Å². The van der Waals surface area contributed by atoms with Gasteiger partial charge >= 0.3 is 5.97 Å². The van der Waals surface area contributed by atoms with E-state index < -0.39 is 5.97 Å². The molecule has 0 aliphatic carbocycles. The maximum absolute atomic E-state index is 13.9. The number of carbonyl (C=O) groups is 1. The SMILES string of the molecule is CC(c1ccccc1F)N(C)c1cc(C(=O)O)ccc1N. The van der Waals surface area contributed by atoms with Crippen molar-refractivity contribution in [3.8, 4) is 0 Å². The van der Waals surface area contributed by atoms with Crippen molar-refractivity contribution in [2.75, 3.05) is 17.7 Å². The molecule has 4 nitrogen and oxygen atoms in total. The van der Waals surface area contributed by atoms with Gasteiger partial charge in [-0.2, -0.15) is 0 Å². The first kappa shape index (κ1) is 14.8. The van der Waals surface area contributed by atoms with Crippen molar-refractivity contribution >= 4 is 17.3 Å². The van der Waals surface area contributed by atoms with Gasteiger partial charge in [0.05, 0.1) is 23.0 Å². The van der Waals surface area contributed by atoms with Crippen molar-refractivity contribution in [1.82, 2.24) is 0 Å². The molecule has 0 aliphatic rings. The maximum atomic E-state index is 13.9. The Bertz CT molecular complexity index is 673. The Morgan fingerprint density at radius 2 is 1.95 bits per heavy atom. The van der Waals surface area contributed by atoms with E-state index in [1.807, 2.05) is 6.92 Å². The van der Waals surface area contributed by atoms with E-state index >= 15 is 0 Å². The van der Waals surface area contributed by atoms with Crippen LogP contribution in [0.5, 0.6) is 0 Å². The summed E-state index contributed by atoms with van der Waals surface area (Å²) in [5.74, 6) is -1.33. The number of anilines is 2. The fourth-order valence-corrected chi connectivity index (χ4v) is 2.21. The number of carboxylic acid groups (broad SMARTS) is 1. The molecule has 3 N–H and O–H groups in total. The number of carboxylic acids is 1. The van der Waals surface area contributed by atoms with Crippen LogP contribution in [0.15, 0.2) is 42.5 Å². The Morgan fingerprint density at radius 1 is 1.29 bits per heavy atom. The fraction of sp³-hybridized carbons (Fsp3) is 0.188. The number of nitrogen functional groups attached to an aromatic ring is 1. The minimum atomic E-state index is -1.02. The lowest BCUT2D eigenvalue weighted by Crippen LogP contribution is -2.23. The second kappa shape index (κ2) is 5.83. The molecule has 21 heavy (non-hydrogen) atoms. The average molecular weight is 288 g/mol. The van der Waals surface area contributed by atoms with E-state index in [1.54, 1.807) is 36.2 Å². The summed E-state index contributed by atoms with van der Waals surface area (Å²) in [6.45, 7) is 1.84. The Labute approximate surface area is 122 Å². The molecule has 5 heteroatoms. The molecule has 0 aliphatic heterocycles. The minimum absolute atomic E-state index is 0.145. The van der Waals surface area contributed by atoms with Gasteiger partial charge in [0.2, 0.25) is 0 Å². The summed E-state index contributed by atoms with van der Waals surface area (Å²) in [5, 5.41) is 9.06. The molecule has 110 valence electrons. The summed E-state index contributed by atoms with van der Waals surface area (Å²) >= 11 is 0. The van der Waals surface area contributed by atoms with E-state index in [0.29, 0.717) is 16.9 Å². The number of halogens is 1. The zero-order valence-electron chi connectivity index (χ0n) is 11.9. The summed E-state index contributed by atoms with van der Waals surface area (Å²) in [4.78, 5) is 12.8. The van der Waals surface area contributed by atoms with Crippen LogP contribution in [0.25, 0.3) is 0 Å². The van der Waals surface area contributed by atoms with Crippen LogP contribution in [0.1, 0.15) is 28.9 Å². The number of hydrogen-bond donors (Lipinski definition) is 2. The van der Waals surface area contributed by atoms with E-state index in [-0.39, 0.29) is 17.4 Å². The molecular weight excluding hydrogens is 271 g/mol. The van der Waals surface area contributed by atoms with Crippen molar-refractivity contribution in [3.63, 3.8) is 0 Å². The second-order valence-corrected chi connectivity index (χ2v) is 4.89. The molecule has 0 heterocycles. The Balaban J connectivity index is 2.40. The van der Waals surface area contributed by atoms with Crippen molar-refractivity contribution in [2.24, 2.45) is 0 Å². The zero-order chi connectivity index (χ0) is 15.6. The standard InChI is InChI=1S/C16H17FN2O2/c1-10(12-5-3-4-6-13(12)17)19(2)15-9-11(16(20)21)7-8-14(15)18/h3-10H,18H2,1-2H3,(H,20,21). The van der Waals surface area contributed by atoms with Crippen LogP contribution in [0.2, 0.25) is 0 Å². The highest BCUT2D eigenvalue weighted by atomic mass is 19.1. The quantitative estimate of drug-likeness (QED) is 0.847. The first-order valence-electron chi connectivity index (χ1n) is 6.52. The number of hydrogen-bond acceptors (Lipinski definition) is 3. The largest absolute Gasteiger partial charge is 0.478 e. The first-order chi connectivity index (χ1) is 9.91. The lowest BCUT2D eigenvalue weighted by Gasteiger charge is -2.29. The maximum Gasteiger partial charge on any atom is 0.335 e. The highest BCUT2D eigenvalue weighted by Crippen LogP contribution is 2.31. The molecule has 0 saturated carbocycles. The molecule has 1 unspecified atom stereocenters. The zero-order valence-corrected chi connectivity index (χ0v) is 11.9. The summed E-state index contributed by atoms with van der Waals surface area (Å²) in [7, 11) is 1.76. The Hall–Kier alpha value is -2.56. The lowest BCUT2D eigenvalue weighted by molar-refractivity contribution is 0.0697. The summed E-state index contributed by atoms with van der Waals surface area (Å²) in [6, 6.07) is 10.7. The number of nitrogens with two attached hydrogens (primary N) is 1. The molecule has 0 fully saturated rings. The topological polar surface area (TPSA) is 66.6 Å². The van der Waals surface area contributed by atoms with Crippen LogP contribution in [0.4, 0.5) is 15.8 Å². The van der Waals surface area contributed by atoms with E-state index in [9.17, 15) is 9.18 Å². The predicted molar refractivity (Wildman–Crippen MR) is 81.0 cm³/mol. The van der Waals surface area contributed by atoms with Crippen LogP contribution < -0.4 is 10.6 Å².